The SMILES string of the molecule is Cc1ccc(S(=O)(=O)N(CC(=O)N(Cc2ccc(F)cc2)C(Cc2ccccc2)C(=O)NC2CCCC2)c2ccc(C)c(Cl)c2)cc1. The molecule has 7 nitrogen and oxygen atoms in total. The molecule has 5 rings (SSSR count). The molecule has 1 unspecified atom stereocenters. The Labute approximate surface area is 281 Å². The third-order valence-corrected chi connectivity index (χ3v) is 10.8. The summed E-state index contributed by atoms with van der Waals surface area (Å²) in [6.07, 6.45) is 3.93. The van der Waals surface area contributed by atoms with Crippen LogP contribution in [0.25, 0.3) is 0 Å². The Kier molecular flexibility index (Phi) is 11.0. The van der Waals surface area contributed by atoms with Crippen molar-refractivity contribution in [1.29, 1.82) is 0 Å². The predicted octanol–water partition coefficient (Wildman–Crippen LogP) is 6.99. The third-order valence-electron chi connectivity index (χ3n) is 8.57. The summed E-state index contributed by atoms with van der Waals surface area (Å²) in [6.45, 7) is 3.02. The van der Waals surface area contributed by atoms with Gasteiger partial charge in [0, 0.05) is 24.0 Å². The molecule has 0 heterocycles. The number of anilines is 1. The van der Waals surface area contributed by atoms with E-state index in [9.17, 15) is 22.4 Å². The van der Waals surface area contributed by atoms with Gasteiger partial charge < -0.3 is 10.2 Å². The number of rotatable bonds is 12. The van der Waals surface area contributed by atoms with Crippen LogP contribution in [0.5, 0.6) is 0 Å². The lowest BCUT2D eigenvalue weighted by molar-refractivity contribution is -0.140. The van der Waals surface area contributed by atoms with Crippen LogP contribution in [0, 0.1) is 19.7 Å². The van der Waals surface area contributed by atoms with Crippen molar-refractivity contribution in [2.45, 2.75) is 69.5 Å². The topological polar surface area (TPSA) is 86.8 Å². The molecule has 1 saturated carbocycles. The zero-order chi connectivity index (χ0) is 33.6. The first-order valence-corrected chi connectivity index (χ1v) is 17.6. The number of hydrogen-bond acceptors (Lipinski definition) is 4. The number of hydrogen-bond donors (Lipinski definition) is 1. The minimum absolute atomic E-state index is 0.00309. The number of carbonyl (C=O) groups is 2. The molecule has 0 spiro atoms. The zero-order valence-electron chi connectivity index (χ0n) is 26.5. The number of nitrogens with zero attached hydrogens (tertiary/aromatic N) is 2. The van der Waals surface area contributed by atoms with Crippen molar-refractivity contribution >= 4 is 39.1 Å². The van der Waals surface area contributed by atoms with Crippen LogP contribution >= 0.6 is 11.6 Å². The summed E-state index contributed by atoms with van der Waals surface area (Å²) in [5.74, 6) is -1.34. The van der Waals surface area contributed by atoms with Gasteiger partial charge in [-0.15, -0.1) is 0 Å². The van der Waals surface area contributed by atoms with Gasteiger partial charge in [0.05, 0.1) is 10.6 Å². The average Bonchev–Trinajstić information content (AvgIpc) is 3.57. The van der Waals surface area contributed by atoms with E-state index in [1.54, 1.807) is 43.3 Å². The number of benzene rings is 4. The summed E-state index contributed by atoms with van der Waals surface area (Å²) in [5, 5.41) is 3.49. The van der Waals surface area contributed by atoms with Crippen LogP contribution in [0.4, 0.5) is 10.1 Å². The van der Waals surface area contributed by atoms with E-state index in [1.807, 2.05) is 37.3 Å². The normalized spacial score (nSPS) is 14.0. The molecule has 1 fully saturated rings. The highest BCUT2D eigenvalue weighted by atomic mass is 35.5. The third kappa shape index (κ3) is 8.58. The van der Waals surface area contributed by atoms with Crippen molar-refractivity contribution in [3.8, 4) is 0 Å². The van der Waals surface area contributed by atoms with Crippen LogP contribution in [-0.4, -0.2) is 43.8 Å². The maximum atomic E-state index is 14.6. The molecular weight excluding hydrogens is 637 g/mol. The van der Waals surface area contributed by atoms with Crippen LogP contribution in [0.3, 0.4) is 0 Å². The smallest absolute Gasteiger partial charge is 0.264 e. The summed E-state index contributed by atoms with van der Waals surface area (Å²) in [5.41, 5.74) is 3.28. The number of aryl methyl sites for hydroxylation is 2. The lowest BCUT2D eigenvalue weighted by Crippen LogP contribution is -2.54. The Morgan fingerprint density at radius 3 is 2.19 bits per heavy atom. The van der Waals surface area contributed by atoms with Gasteiger partial charge in [-0.1, -0.05) is 90.7 Å². The van der Waals surface area contributed by atoms with Gasteiger partial charge in [-0.3, -0.25) is 13.9 Å². The fraction of sp³-hybridized carbons (Fsp3) is 0.297. The highest BCUT2D eigenvalue weighted by molar-refractivity contribution is 7.92. The van der Waals surface area contributed by atoms with Gasteiger partial charge in [0.15, 0.2) is 0 Å². The zero-order valence-corrected chi connectivity index (χ0v) is 28.1. The Bertz CT molecular complexity index is 1800. The van der Waals surface area contributed by atoms with Crippen molar-refractivity contribution < 1.29 is 22.4 Å². The highest BCUT2D eigenvalue weighted by Gasteiger charge is 2.35. The summed E-state index contributed by atoms with van der Waals surface area (Å²) < 4.78 is 43.4. The molecule has 0 aliphatic heterocycles. The molecule has 0 bridgehead atoms. The van der Waals surface area contributed by atoms with Gasteiger partial charge >= 0.3 is 0 Å². The largest absolute Gasteiger partial charge is 0.352 e. The fourth-order valence-electron chi connectivity index (χ4n) is 5.81. The van der Waals surface area contributed by atoms with E-state index in [1.165, 1.54) is 35.2 Å². The lowest BCUT2D eigenvalue weighted by atomic mass is 10.0. The van der Waals surface area contributed by atoms with Crippen LogP contribution in [0.2, 0.25) is 5.02 Å². The van der Waals surface area contributed by atoms with E-state index in [-0.39, 0.29) is 35.5 Å². The van der Waals surface area contributed by atoms with Gasteiger partial charge in [0.2, 0.25) is 11.8 Å². The van der Waals surface area contributed by atoms with Gasteiger partial charge in [0.25, 0.3) is 10.0 Å². The molecule has 0 saturated heterocycles. The summed E-state index contributed by atoms with van der Waals surface area (Å²) in [7, 11) is -4.25. The van der Waals surface area contributed by atoms with Crippen LogP contribution in [-0.2, 0) is 32.6 Å². The van der Waals surface area contributed by atoms with Crippen molar-refractivity contribution in [3.63, 3.8) is 0 Å². The molecule has 0 radical (unpaired) electrons. The summed E-state index contributed by atoms with van der Waals surface area (Å²) in [6, 6.07) is 25.3. The molecule has 1 aliphatic rings. The first-order chi connectivity index (χ1) is 22.5. The number of sulfonamides is 1. The van der Waals surface area contributed by atoms with Gasteiger partial charge in [-0.05, 0) is 79.8 Å². The predicted molar refractivity (Wildman–Crippen MR) is 183 cm³/mol. The van der Waals surface area contributed by atoms with Gasteiger partial charge in [-0.25, -0.2) is 12.8 Å². The van der Waals surface area contributed by atoms with Crippen LogP contribution in [0.15, 0.2) is 102 Å². The molecular formula is C37H39ClFN3O4S. The van der Waals surface area contributed by atoms with Crippen molar-refractivity contribution in [1.82, 2.24) is 10.2 Å². The van der Waals surface area contributed by atoms with E-state index in [0.717, 1.165) is 46.7 Å². The molecule has 1 aliphatic carbocycles. The molecule has 4 aromatic carbocycles. The molecule has 1 atom stereocenters. The maximum Gasteiger partial charge on any atom is 0.264 e. The average molecular weight is 676 g/mol. The van der Waals surface area contributed by atoms with Crippen LogP contribution < -0.4 is 9.62 Å². The van der Waals surface area contributed by atoms with Gasteiger partial charge in [-0.2, -0.15) is 0 Å². The molecule has 4 aromatic rings. The van der Waals surface area contributed by atoms with Crippen LogP contribution in [0.1, 0.15) is 47.9 Å². The van der Waals surface area contributed by atoms with E-state index in [2.05, 4.69) is 5.32 Å². The number of nitrogens with one attached hydrogen (secondary N) is 1. The van der Waals surface area contributed by atoms with Crippen molar-refractivity contribution in [3.05, 3.63) is 130 Å². The van der Waals surface area contributed by atoms with E-state index in [0.29, 0.717) is 10.6 Å². The van der Waals surface area contributed by atoms with E-state index >= 15 is 0 Å². The molecule has 0 aromatic heterocycles. The standard InChI is InChI=1S/C37H39ClFN3O4S/c1-26-12-20-33(21-13-26)47(45,46)42(32-19-14-27(2)34(38)23-32)25-36(43)41(24-29-15-17-30(39)18-16-29)35(22-28-8-4-3-5-9-28)37(44)40-31-10-6-7-11-31/h3-5,8-9,12-21,23,31,35H,6-7,10-11,22,24-25H2,1-2H3,(H,40,44). The minimum Gasteiger partial charge on any atom is -0.352 e. The second-order valence-electron chi connectivity index (χ2n) is 12.1. The summed E-state index contributed by atoms with van der Waals surface area (Å²) >= 11 is 6.46. The first kappa shape index (κ1) is 34.1. The Morgan fingerprint density at radius 1 is 0.894 bits per heavy atom. The molecule has 2 amide bonds. The second kappa shape index (κ2) is 15.1. The maximum absolute atomic E-state index is 14.6. The monoisotopic (exact) mass is 675 g/mol. The lowest BCUT2D eigenvalue weighted by Gasteiger charge is -2.34. The van der Waals surface area contributed by atoms with Gasteiger partial charge in [0.1, 0.15) is 18.4 Å². The van der Waals surface area contributed by atoms with E-state index in [4.69, 9.17) is 11.6 Å². The molecule has 10 heteroatoms. The fourth-order valence-corrected chi connectivity index (χ4v) is 7.39. The number of carbonyl (C=O) groups excluding carboxylic acids is 2. The van der Waals surface area contributed by atoms with Crippen molar-refractivity contribution in [2.75, 3.05) is 10.8 Å². The summed E-state index contributed by atoms with van der Waals surface area (Å²) in [4.78, 5) is 30.1. The van der Waals surface area contributed by atoms with Crippen molar-refractivity contribution in [2.24, 2.45) is 0 Å². The van der Waals surface area contributed by atoms with E-state index < -0.39 is 34.3 Å². The first-order valence-electron chi connectivity index (χ1n) is 15.7. The second-order valence-corrected chi connectivity index (χ2v) is 14.4. The Hall–Kier alpha value is -4.21. The highest BCUT2D eigenvalue weighted by Crippen LogP contribution is 2.29. The molecule has 246 valence electrons. The minimum atomic E-state index is -4.25. The molecule has 47 heavy (non-hydrogen) atoms. The Balaban J connectivity index is 1.57. The Morgan fingerprint density at radius 2 is 1.55 bits per heavy atom. The number of amides is 2. The quantitative estimate of drug-likeness (QED) is 0.175. The number of halogens is 2. The molecule has 1 N–H and O–H groups in total.